The third kappa shape index (κ3) is 1.72. The summed E-state index contributed by atoms with van der Waals surface area (Å²) in [7, 11) is 0. The highest BCUT2D eigenvalue weighted by molar-refractivity contribution is 9.10. The molecule has 2 aromatic heterocycles. The van der Waals surface area contributed by atoms with Crippen LogP contribution in [0.2, 0.25) is 0 Å². The molecular formula is C16H10BrN3. The molecule has 0 saturated carbocycles. The summed E-state index contributed by atoms with van der Waals surface area (Å²) in [4.78, 5) is 4.71. The van der Waals surface area contributed by atoms with E-state index in [0.717, 1.165) is 37.7 Å². The predicted molar refractivity (Wildman–Crippen MR) is 84.5 cm³/mol. The quantitative estimate of drug-likeness (QED) is 0.558. The minimum absolute atomic E-state index is 0.907. The zero-order valence-electron chi connectivity index (χ0n) is 10.5. The summed E-state index contributed by atoms with van der Waals surface area (Å²) in [5.74, 6) is 0. The zero-order valence-corrected chi connectivity index (χ0v) is 12.1. The lowest BCUT2D eigenvalue weighted by atomic mass is 10.1. The van der Waals surface area contributed by atoms with Gasteiger partial charge in [-0.05, 0) is 34.1 Å². The van der Waals surface area contributed by atoms with E-state index in [1.165, 1.54) is 0 Å². The second-order valence-electron chi connectivity index (χ2n) is 4.62. The molecule has 0 bridgehead atoms. The second-order valence-corrected chi connectivity index (χ2v) is 5.48. The van der Waals surface area contributed by atoms with Crippen LogP contribution in [0.3, 0.4) is 0 Å². The number of aromatic amines is 1. The van der Waals surface area contributed by atoms with Crippen LogP contribution in [-0.4, -0.2) is 15.2 Å². The Kier molecular flexibility index (Phi) is 2.57. The molecule has 0 spiro atoms. The summed E-state index contributed by atoms with van der Waals surface area (Å²) in [6.07, 6.45) is 0. The van der Waals surface area contributed by atoms with E-state index in [1.54, 1.807) is 0 Å². The lowest BCUT2D eigenvalue weighted by Crippen LogP contribution is -1.85. The Morgan fingerprint density at radius 1 is 0.900 bits per heavy atom. The van der Waals surface area contributed by atoms with E-state index >= 15 is 0 Å². The Morgan fingerprint density at radius 2 is 1.80 bits per heavy atom. The van der Waals surface area contributed by atoms with Crippen LogP contribution in [0.15, 0.2) is 59.1 Å². The lowest BCUT2D eigenvalue weighted by molar-refractivity contribution is 1.11. The SMILES string of the molecule is Brc1cccc2c(-c3ccc4ccccc4n3)[nH]nc12. The highest BCUT2D eigenvalue weighted by atomic mass is 79.9. The van der Waals surface area contributed by atoms with Crippen LogP contribution in [0.4, 0.5) is 0 Å². The number of para-hydroxylation sites is 2. The van der Waals surface area contributed by atoms with Crippen molar-refractivity contribution in [2.75, 3.05) is 0 Å². The number of fused-ring (bicyclic) bond motifs is 2. The normalized spacial score (nSPS) is 11.2. The van der Waals surface area contributed by atoms with Gasteiger partial charge < -0.3 is 0 Å². The van der Waals surface area contributed by atoms with Gasteiger partial charge in [0.25, 0.3) is 0 Å². The number of nitrogens with one attached hydrogen (secondary N) is 1. The summed E-state index contributed by atoms with van der Waals surface area (Å²) < 4.78 is 0.985. The van der Waals surface area contributed by atoms with E-state index in [-0.39, 0.29) is 0 Å². The molecule has 0 aliphatic heterocycles. The molecule has 1 N–H and O–H groups in total. The van der Waals surface area contributed by atoms with Gasteiger partial charge in [-0.15, -0.1) is 0 Å². The number of benzene rings is 2. The first-order chi connectivity index (χ1) is 9.83. The minimum atomic E-state index is 0.907. The number of nitrogens with zero attached hydrogens (tertiary/aromatic N) is 2. The van der Waals surface area contributed by atoms with Gasteiger partial charge in [-0.1, -0.05) is 36.4 Å². The van der Waals surface area contributed by atoms with Crippen molar-refractivity contribution in [1.29, 1.82) is 0 Å². The number of H-pyrrole nitrogens is 1. The van der Waals surface area contributed by atoms with E-state index in [2.05, 4.69) is 44.3 Å². The topological polar surface area (TPSA) is 41.6 Å². The Hall–Kier alpha value is -2.20. The predicted octanol–water partition coefficient (Wildman–Crippen LogP) is 4.54. The molecule has 0 atom stereocenters. The van der Waals surface area contributed by atoms with Crippen molar-refractivity contribution >= 4 is 37.7 Å². The average Bonchev–Trinajstić information content (AvgIpc) is 2.92. The van der Waals surface area contributed by atoms with E-state index in [1.807, 2.05) is 36.4 Å². The third-order valence-electron chi connectivity index (χ3n) is 3.39. The van der Waals surface area contributed by atoms with Crippen LogP contribution in [0, 0.1) is 0 Å². The molecule has 0 fully saturated rings. The molecular weight excluding hydrogens is 314 g/mol. The molecule has 0 unspecified atom stereocenters. The number of hydrogen-bond donors (Lipinski definition) is 1. The van der Waals surface area contributed by atoms with Gasteiger partial charge in [0.1, 0.15) is 5.52 Å². The van der Waals surface area contributed by atoms with Crippen LogP contribution in [0.1, 0.15) is 0 Å². The first-order valence-electron chi connectivity index (χ1n) is 6.32. The average molecular weight is 324 g/mol. The maximum atomic E-state index is 4.71. The molecule has 4 heteroatoms. The minimum Gasteiger partial charge on any atom is -0.275 e. The second kappa shape index (κ2) is 4.42. The number of halogens is 1. The number of aromatic nitrogens is 3. The highest BCUT2D eigenvalue weighted by Gasteiger charge is 2.10. The number of rotatable bonds is 1. The summed E-state index contributed by atoms with van der Waals surface area (Å²) in [6, 6.07) is 18.3. The Labute approximate surface area is 123 Å². The summed E-state index contributed by atoms with van der Waals surface area (Å²) in [6.45, 7) is 0. The molecule has 0 aliphatic carbocycles. The van der Waals surface area contributed by atoms with Crippen molar-refractivity contribution in [2.24, 2.45) is 0 Å². The molecule has 3 nitrogen and oxygen atoms in total. The molecule has 4 rings (SSSR count). The molecule has 0 aliphatic rings. The highest BCUT2D eigenvalue weighted by Crippen LogP contribution is 2.30. The molecule has 2 heterocycles. The fraction of sp³-hybridized carbons (Fsp3) is 0. The zero-order chi connectivity index (χ0) is 13.5. The third-order valence-corrected chi connectivity index (χ3v) is 4.03. The molecule has 4 aromatic rings. The standard InChI is InChI=1S/C16H10BrN3/c17-12-6-3-5-11-15(12)19-20-16(11)14-9-8-10-4-1-2-7-13(10)18-14/h1-9H,(H,19,20). The van der Waals surface area contributed by atoms with Gasteiger partial charge in [0.15, 0.2) is 0 Å². The van der Waals surface area contributed by atoms with Gasteiger partial charge in [-0.3, -0.25) is 5.10 Å². The van der Waals surface area contributed by atoms with Crippen molar-refractivity contribution in [1.82, 2.24) is 15.2 Å². The van der Waals surface area contributed by atoms with E-state index in [9.17, 15) is 0 Å². The van der Waals surface area contributed by atoms with Crippen molar-refractivity contribution in [3.8, 4) is 11.4 Å². The van der Waals surface area contributed by atoms with Gasteiger partial charge in [0.05, 0.1) is 16.9 Å². The van der Waals surface area contributed by atoms with Crippen molar-refractivity contribution in [3.63, 3.8) is 0 Å². The molecule has 2 aromatic carbocycles. The smallest absolute Gasteiger partial charge is 0.107 e. The maximum absolute atomic E-state index is 4.71. The summed E-state index contributed by atoms with van der Waals surface area (Å²) in [5.41, 5.74) is 3.77. The molecule has 0 radical (unpaired) electrons. The van der Waals surface area contributed by atoms with E-state index in [4.69, 9.17) is 4.98 Å². The molecule has 0 amide bonds. The Morgan fingerprint density at radius 3 is 2.75 bits per heavy atom. The molecule has 0 saturated heterocycles. The van der Waals surface area contributed by atoms with Gasteiger partial charge >= 0.3 is 0 Å². The van der Waals surface area contributed by atoms with Gasteiger partial charge in [0, 0.05) is 15.2 Å². The van der Waals surface area contributed by atoms with Crippen molar-refractivity contribution in [2.45, 2.75) is 0 Å². The Balaban J connectivity index is 1.99. The lowest BCUT2D eigenvalue weighted by Gasteiger charge is -2.01. The van der Waals surface area contributed by atoms with E-state index < -0.39 is 0 Å². The van der Waals surface area contributed by atoms with Gasteiger partial charge in [0.2, 0.25) is 0 Å². The van der Waals surface area contributed by atoms with Crippen LogP contribution in [-0.2, 0) is 0 Å². The van der Waals surface area contributed by atoms with Crippen molar-refractivity contribution < 1.29 is 0 Å². The van der Waals surface area contributed by atoms with Crippen LogP contribution in [0.5, 0.6) is 0 Å². The summed E-state index contributed by atoms with van der Waals surface area (Å²) in [5, 5.41) is 9.67. The number of hydrogen-bond acceptors (Lipinski definition) is 2. The first-order valence-corrected chi connectivity index (χ1v) is 7.11. The van der Waals surface area contributed by atoms with Gasteiger partial charge in [-0.25, -0.2) is 4.98 Å². The van der Waals surface area contributed by atoms with E-state index in [0.29, 0.717) is 0 Å². The molecule has 96 valence electrons. The molecule has 20 heavy (non-hydrogen) atoms. The van der Waals surface area contributed by atoms with Crippen LogP contribution in [0.25, 0.3) is 33.2 Å². The van der Waals surface area contributed by atoms with Crippen LogP contribution < -0.4 is 0 Å². The number of pyridine rings is 1. The van der Waals surface area contributed by atoms with Gasteiger partial charge in [-0.2, -0.15) is 5.10 Å². The maximum Gasteiger partial charge on any atom is 0.107 e. The van der Waals surface area contributed by atoms with Crippen molar-refractivity contribution in [3.05, 3.63) is 59.1 Å². The largest absolute Gasteiger partial charge is 0.275 e. The van der Waals surface area contributed by atoms with Crippen LogP contribution >= 0.6 is 15.9 Å². The monoisotopic (exact) mass is 323 g/mol. The first kappa shape index (κ1) is 11.6. The fourth-order valence-electron chi connectivity index (χ4n) is 2.40. The Bertz CT molecular complexity index is 927. The summed E-state index contributed by atoms with van der Waals surface area (Å²) >= 11 is 3.52. The fourth-order valence-corrected chi connectivity index (χ4v) is 2.86.